The van der Waals surface area contributed by atoms with Crippen molar-refractivity contribution >= 4 is 5.97 Å². The molecule has 0 radical (unpaired) electrons. The lowest BCUT2D eigenvalue weighted by Gasteiger charge is -2.35. The normalized spacial score (nSPS) is 15.3. The van der Waals surface area contributed by atoms with Crippen LogP contribution in [0.4, 0.5) is 0 Å². The number of carbonyl (C=O) groups excluding carboxylic acids is 1. The molecule has 0 bridgehead atoms. The monoisotopic (exact) mass is 482 g/mol. The molecule has 1 atom stereocenters. The van der Waals surface area contributed by atoms with Gasteiger partial charge in [0.05, 0.1) is 19.4 Å². The zero-order chi connectivity index (χ0) is 24.9. The Morgan fingerprint density at radius 2 is 1.78 bits per heavy atom. The third-order valence-corrected chi connectivity index (χ3v) is 6.63. The summed E-state index contributed by atoms with van der Waals surface area (Å²) in [6, 6.07) is 25.9. The largest absolute Gasteiger partial charge is 0.493 e. The van der Waals surface area contributed by atoms with Gasteiger partial charge in [0.15, 0.2) is 0 Å². The minimum atomic E-state index is -0.302. The molecule has 36 heavy (non-hydrogen) atoms. The fourth-order valence-electron chi connectivity index (χ4n) is 4.69. The van der Waals surface area contributed by atoms with Crippen LogP contribution in [0.2, 0.25) is 0 Å². The summed E-state index contributed by atoms with van der Waals surface area (Å²) in [5, 5.41) is 0. The Hall–Kier alpha value is -3.90. The van der Waals surface area contributed by atoms with Crippen molar-refractivity contribution in [1.29, 1.82) is 0 Å². The highest BCUT2D eigenvalue weighted by Gasteiger charge is 2.32. The predicted molar refractivity (Wildman–Crippen MR) is 138 cm³/mol. The molecule has 6 nitrogen and oxygen atoms in total. The summed E-state index contributed by atoms with van der Waals surface area (Å²) < 4.78 is 17.1. The zero-order valence-electron chi connectivity index (χ0n) is 20.6. The van der Waals surface area contributed by atoms with Gasteiger partial charge in [-0.05, 0) is 54.3 Å². The van der Waals surface area contributed by atoms with Gasteiger partial charge in [-0.3, -0.25) is 9.69 Å². The maximum Gasteiger partial charge on any atom is 0.323 e. The van der Waals surface area contributed by atoms with Crippen molar-refractivity contribution < 1.29 is 18.7 Å². The van der Waals surface area contributed by atoms with E-state index in [0.717, 1.165) is 28.3 Å². The second-order valence-electron chi connectivity index (χ2n) is 9.05. The lowest BCUT2D eigenvalue weighted by molar-refractivity contribution is -0.148. The summed E-state index contributed by atoms with van der Waals surface area (Å²) in [6.07, 6.45) is 1.28. The Morgan fingerprint density at radius 1 is 1.03 bits per heavy atom. The first-order valence-electron chi connectivity index (χ1n) is 12.2. The van der Waals surface area contributed by atoms with Crippen LogP contribution in [0.25, 0.3) is 11.5 Å². The summed E-state index contributed by atoms with van der Waals surface area (Å²) in [7, 11) is 1.45. The lowest BCUT2D eigenvalue weighted by Crippen LogP contribution is -2.45. The smallest absolute Gasteiger partial charge is 0.323 e. The third-order valence-electron chi connectivity index (χ3n) is 6.63. The van der Waals surface area contributed by atoms with E-state index in [2.05, 4.69) is 34.1 Å². The van der Waals surface area contributed by atoms with E-state index >= 15 is 0 Å². The summed E-state index contributed by atoms with van der Waals surface area (Å²) in [5.74, 6) is 2.06. The lowest BCUT2D eigenvalue weighted by atomic mass is 9.93. The van der Waals surface area contributed by atoms with Crippen LogP contribution in [0.15, 0.2) is 83.3 Å². The number of hydrogen-bond acceptors (Lipinski definition) is 6. The van der Waals surface area contributed by atoms with E-state index < -0.39 is 0 Å². The Morgan fingerprint density at radius 3 is 2.53 bits per heavy atom. The van der Waals surface area contributed by atoms with Crippen molar-refractivity contribution in [1.82, 2.24) is 9.88 Å². The molecule has 0 N–H and O–H groups in total. The topological polar surface area (TPSA) is 64.8 Å². The van der Waals surface area contributed by atoms with Crippen molar-refractivity contribution in [3.8, 4) is 17.2 Å². The third kappa shape index (κ3) is 5.34. The van der Waals surface area contributed by atoms with Gasteiger partial charge < -0.3 is 13.9 Å². The molecule has 0 fully saturated rings. The fraction of sp³-hybridized carbons (Fsp3) is 0.267. The molecule has 2 heterocycles. The number of benzene rings is 3. The molecule has 0 amide bonds. The number of aryl methyl sites for hydroxylation is 1. The highest BCUT2D eigenvalue weighted by atomic mass is 16.5. The number of rotatable bonds is 8. The first-order valence-corrected chi connectivity index (χ1v) is 12.2. The standard InChI is InChI=1S/C30H30N2O4/c1-21-27(31-29(36-21)23-11-7-4-8-12-23)15-16-35-26-14-13-24-18-28(30(33)34-2)32(20-25(24)17-26)19-22-9-5-3-6-10-22/h3-14,17,28H,15-16,18-20H2,1-2H3/t28-/m0/s1. The van der Waals surface area contributed by atoms with Gasteiger partial charge in [0.25, 0.3) is 0 Å². The van der Waals surface area contributed by atoms with Gasteiger partial charge in [-0.25, -0.2) is 4.98 Å². The van der Waals surface area contributed by atoms with E-state index in [1.165, 1.54) is 18.2 Å². The van der Waals surface area contributed by atoms with Crippen molar-refractivity contribution in [2.45, 2.75) is 38.9 Å². The summed E-state index contributed by atoms with van der Waals surface area (Å²) in [6.45, 7) is 3.77. The molecule has 0 unspecified atom stereocenters. The van der Waals surface area contributed by atoms with Crippen LogP contribution < -0.4 is 4.74 Å². The first kappa shape index (κ1) is 23.8. The molecule has 1 aliphatic heterocycles. The Balaban J connectivity index is 1.26. The van der Waals surface area contributed by atoms with Crippen molar-refractivity contribution in [3.05, 3.63) is 107 Å². The van der Waals surface area contributed by atoms with Crippen LogP contribution in [0.3, 0.4) is 0 Å². The maximum atomic E-state index is 12.5. The average Bonchev–Trinajstić information content (AvgIpc) is 3.29. The SMILES string of the molecule is COC(=O)[C@@H]1Cc2ccc(OCCc3nc(-c4ccccc4)oc3C)cc2CN1Cc1ccccc1. The molecule has 3 aromatic carbocycles. The number of carbonyl (C=O) groups is 1. The van der Waals surface area contributed by atoms with Crippen molar-refractivity contribution in [2.24, 2.45) is 0 Å². The Labute approximate surface area is 211 Å². The van der Waals surface area contributed by atoms with Crippen molar-refractivity contribution in [3.63, 3.8) is 0 Å². The van der Waals surface area contributed by atoms with E-state index in [0.29, 0.717) is 38.4 Å². The molecule has 6 heteroatoms. The van der Waals surface area contributed by atoms with E-state index in [-0.39, 0.29) is 12.0 Å². The summed E-state index contributed by atoms with van der Waals surface area (Å²) in [5.41, 5.74) is 5.36. The molecule has 184 valence electrons. The highest BCUT2D eigenvalue weighted by Crippen LogP contribution is 2.29. The minimum absolute atomic E-state index is 0.199. The van der Waals surface area contributed by atoms with Crippen LogP contribution >= 0.6 is 0 Å². The van der Waals surface area contributed by atoms with Gasteiger partial charge in [0, 0.05) is 25.1 Å². The van der Waals surface area contributed by atoms with Gasteiger partial charge in [0.1, 0.15) is 17.6 Å². The molecule has 4 aromatic rings. The quantitative estimate of drug-likeness (QED) is 0.315. The summed E-state index contributed by atoms with van der Waals surface area (Å²) in [4.78, 5) is 19.4. The molecule has 1 aliphatic rings. The number of nitrogens with zero attached hydrogens (tertiary/aromatic N) is 2. The van der Waals surface area contributed by atoms with Crippen LogP contribution in [0.1, 0.15) is 28.1 Å². The van der Waals surface area contributed by atoms with E-state index in [9.17, 15) is 4.79 Å². The van der Waals surface area contributed by atoms with E-state index in [1.807, 2.05) is 61.5 Å². The number of hydrogen-bond donors (Lipinski definition) is 0. The zero-order valence-corrected chi connectivity index (χ0v) is 20.6. The minimum Gasteiger partial charge on any atom is -0.493 e. The molecule has 0 saturated carbocycles. The first-order chi connectivity index (χ1) is 17.6. The summed E-state index contributed by atoms with van der Waals surface area (Å²) >= 11 is 0. The Kier molecular flexibility index (Phi) is 7.14. The predicted octanol–water partition coefficient (Wildman–Crippen LogP) is 5.37. The second-order valence-corrected chi connectivity index (χ2v) is 9.05. The van der Waals surface area contributed by atoms with E-state index in [1.54, 1.807) is 0 Å². The number of methoxy groups -OCH3 is 1. The number of ether oxygens (including phenoxy) is 2. The fourth-order valence-corrected chi connectivity index (χ4v) is 4.69. The molecule has 1 aromatic heterocycles. The van der Waals surface area contributed by atoms with Crippen LogP contribution in [0.5, 0.6) is 5.75 Å². The van der Waals surface area contributed by atoms with Gasteiger partial charge in [-0.2, -0.15) is 0 Å². The maximum absolute atomic E-state index is 12.5. The van der Waals surface area contributed by atoms with Gasteiger partial charge in [-0.1, -0.05) is 54.6 Å². The number of esters is 1. The van der Waals surface area contributed by atoms with Gasteiger partial charge >= 0.3 is 5.97 Å². The van der Waals surface area contributed by atoms with Crippen molar-refractivity contribution in [2.75, 3.05) is 13.7 Å². The van der Waals surface area contributed by atoms with Gasteiger partial charge in [0.2, 0.25) is 5.89 Å². The molecular formula is C30H30N2O4. The Bertz CT molecular complexity index is 1320. The molecule has 5 rings (SSSR count). The average molecular weight is 483 g/mol. The molecule has 0 saturated heterocycles. The number of aromatic nitrogens is 1. The molecule has 0 spiro atoms. The van der Waals surface area contributed by atoms with Crippen LogP contribution in [-0.4, -0.2) is 35.6 Å². The highest BCUT2D eigenvalue weighted by molar-refractivity contribution is 5.76. The molecule has 0 aliphatic carbocycles. The van der Waals surface area contributed by atoms with Crippen LogP contribution in [0, 0.1) is 6.92 Å². The van der Waals surface area contributed by atoms with Gasteiger partial charge in [-0.15, -0.1) is 0 Å². The van der Waals surface area contributed by atoms with E-state index in [4.69, 9.17) is 13.9 Å². The second kappa shape index (κ2) is 10.8. The molecular weight excluding hydrogens is 452 g/mol. The number of fused-ring (bicyclic) bond motifs is 1. The number of oxazole rings is 1. The van der Waals surface area contributed by atoms with Crippen LogP contribution in [-0.2, 0) is 35.5 Å².